The molecule has 2 N–H and O–H groups in total. The molecular weight excluding hydrogens is 366 g/mol. The fourth-order valence-corrected chi connectivity index (χ4v) is 3.39. The minimum absolute atomic E-state index is 0.0377. The van der Waals surface area contributed by atoms with Crippen LogP contribution in [0.15, 0.2) is 42.5 Å². The first-order valence-electron chi connectivity index (χ1n) is 9.17. The number of nitrogens with one attached hydrogen (secondary N) is 2. The van der Waals surface area contributed by atoms with E-state index in [0.717, 1.165) is 12.1 Å². The molecule has 2 aromatic rings. The van der Waals surface area contributed by atoms with Crippen LogP contribution in [0.1, 0.15) is 25.7 Å². The first-order chi connectivity index (χ1) is 13.5. The second kappa shape index (κ2) is 8.82. The first-order valence-corrected chi connectivity index (χ1v) is 9.17. The number of ether oxygens (including phenoxy) is 1. The van der Waals surface area contributed by atoms with Crippen LogP contribution in [0.3, 0.4) is 0 Å². The highest BCUT2D eigenvalue weighted by Gasteiger charge is 2.30. The molecule has 3 rings (SSSR count). The standard InChI is InChI=1S/C21H22F2N2O3/c1-28-17-4-2-3-16(12-17)24-20(26)13-5-7-14(8-6-13)21(27)25-19-10-9-15(22)11-18(19)23/h2-4,9-14H,5-8H2,1H3,(H,24,26)(H,25,27). The molecule has 1 aliphatic rings. The number of amides is 2. The van der Waals surface area contributed by atoms with Crippen LogP contribution in [-0.4, -0.2) is 18.9 Å². The van der Waals surface area contributed by atoms with Crippen molar-refractivity contribution in [3.63, 3.8) is 0 Å². The summed E-state index contributed by atoms with van der Waals surface area (Å²) in [6, 6.07) is 10.2. The molecule has 0 radical (unpaired) electrons. The Bertz CT molecular complexity index is 864. The van der Waals surface area contributed by atoms with Crippen molar-refractivity contribution in [1.82, 2.24) is 0 Å². The second-order valence-corrected chi connectivity index (χ2v) is 6.88. The van der Waals surface area contributed by atoms with Gasteiger partial charge in [0.25, 0.3) is 0 Å². The van der Waals surface area contributed by atoms with Gasteiger partial charge in [0.2, 0.25) is 11.8 Å². The van der Waals surface area contributed by atoms with Crippen LogP contribution in [0.5, 0.6) is 5.75 Å². The summed E-state index contributed by atoms with van der Waals surface area (Å²) >= 11 is 0. The van der Waals surface area contributed by atoms with Gasteiger partial charge in [0.15, 0.2) is 0 Å². The number of rotatable bonds is 5. The Morgan fingerprint density at radius 1 is 0.929 bits per heavy atom. The van der Waals surface area contributed by atoms with E-state index in [0.29, 0.717) is 37.1 Å². The Hall–Kier alpha value is -2.96. The number of benzene rings is 2. The maximum absolute atomic E-state index is 13.7. The van der Waals surface area contributed by atoms with Crippen LogP contribution < -0.4 is 15.4 Å². The Balaban J connectivity index is 1.51. The van der Waals surface area contributed by atoms with Gasteiger partial charge in [-0.25, -0.2) is 8.78 Å². The van der Waals surface area contributed by atoms with Gasteiger partial charge in [-0.1, -0.05) is 6.07 Å². The zero-order valence-corrected chi connectivity index (χ0v) is 15.5. The van der Waals surface area contributed by atoms with Crippen molar-refractivity contribution in [3.05, 3.63) is 54.1 Å². The molecule has 0 heterocycles. The molecule has 2 aromatic carbocycles. The Morgan fingerprint density at radius 2 is 1.57 bits per heavy atom. The van der Waals surface area contributed by atoms with Crippen molar-refractivity contribution in [3.8, 4) is 5.75 Å². The molecule has 1 saturated carbocycles. The zero-order chi connectivity index (χ0) is 20.1. The third-order valence-electron chi connectivity index (χ3n) is 5.00. The highest BCUT2D eigenvalue weighted by atomic mass is 19.1. The molecule has 2 amide bonds. The number of anilines is 2. The topological polar surface area (TPSA) is 67.4 Å². The number of carbonyl (C=O) groups excluding carboxylic acids is 2. The van der Waals surface area contributed by atoms with Gasteiger partial charge in [0.1, 0.15) is 17.4 Å². The summed E-state index contributed by atoms with van der Waals surface area (Å²) in [5, 5.41) is 5.39. The van der Waals surface area contributed by atoms with E-state index in [1.165, 1.54) is 6.07 Å². The highest BCUT2D eigenvalue weighted by Crippen LogP contribution is 2.31. The van der Waals surface area contributed by atoms with Gasteiger partial charge in [0, 0.05) is 29.7 Å². The monoisotopic (exact) mass is 388 g/mol. The number of hydrogen-bond acceptors (Lipinski definition) is 3. The maximum Gasteiger partial charge on any atom is 0.227 e. The molecule has 0 saturated heterocycles. The second-order valence-electron chi connectivity index (χ2n) is 6.88. The molecule has 1 aliphatic carbocycles. The van der Waals surface area contributed by atoms with Crippen LogP contribution in [0.4, 0.5) is 20.2 Å². The largest absolute Gasteiger partial charge is 0.497 e. The van der Waals surface area contributed by atoms with Crippen LogP contribution in [0, 0.1) is 23.5 Å². The minimum Gasteiger partial charge on any atom is -0.497 e. The summed E-state index contributed by atoms with van der Waals surface area (Å²) in [6.45, 7) is 0. The average molecular weight is 388 g/mol. The Kier molecular flexibility index (Phi) is 6.23. The molecule has 0 atom stereocenters. The van der Waals surface area contributed by atoms with Gasteiger partial charge in [-0.2, -0.15) is 0 Å². The third kappa shape index (κ3) is 4.85. The molecule has 7 heteroatoms. The molecule has 0 bridgehead atoms. The van der Waals surface area contributed by atoms with Crippen LogP contribution in [0.25, 0.3) is 0 Å². The number of hydrogen-bond donors (Lipinski definition) is 2. The first kappa shape index (κ1) is 19.8. The third-order valence-corrected chi connectivity index (χ3v) is 5.00. The van der Waals surface area contributed by atoms with E-state index in [1.54, 1.807) is 31.4 Å². The smallest absolute Gasteiger partial charge is 0.227 e. The van der Waals surface area contributed by atoms with Crippen LogP contribution in [-0.2, 0) is 9.59 Å². The lowest BCUT2D eigenvalue weighted by atomic mass is 9.81. The van der Waals surface area contributed by atoms with Gasteiger partial charge in [-0.05, 0) is 49.9 Å². The predicted molar refractivity (Wildman–Crippen MR) is 102 cm³/mol. The molecule has 28 heavy (non-hydrogen) atoms. The molecular formula is C21H22F2N2O3. The maximum atomic E-state index is 13.7. The fourth-order valence-electron chi connectivity index (χ4n) is 3.39. The van der Waals surface area contributed by atoms with E-state index in [4.69, 9.17) is 4.74 Å². The summed E-state index contributed by atoms with van der Waals surface area (Å²) in [5.74, 6) is -1.72. The van der Waals surface area contributed by atoms with Crippen molar-refractivity contribution in [2.45, 2.75) is 25.7 Å². The Labute approximate surface area is 162 Å². The van der Waals surface area contributed by atoms with Crippen molar-refractivity contribution in [2.75, 3.05) is 17.7 Å². The van der Waals surface area contributed by atoms with E-state index < -0.39 is 11.6 Å². The molecule has 0 spiro atoms. The average Bonchev–Trinajstić information content (AvgIpc) is 2.70. The SMILES string of the molecule is COc1cccc(NC(=O)C2CCC(C(=O)Nc3ccc(F)cc3F)CC2)c1. The lowest BCUT2D eigenvalue weighted by Gasteiger charge is -2.27. The minimum atomic E-state index is -0.806. The molecule has 0 aromatic heterocycles. The molecule has 148 valence electrons. The van der Waals surface area contributed by atoms with E-state index in [9.17, 15) is 18.4 Å². The number of methoxy groups -OCH3 is 1. The van der Waals surface area contributed by atoms with E-state index >= 15 is 0 Å². The number of halogens is 2. The van der Waals surface area contributed by atoms with E-state index in [2.05, 4.69) is 10.6 Å². The fraction of sp³-hybridized carbons (Fsp3) is 0.333. The molecule has 5 nitrogen and oxygen atoms in total. The van der Waals surface area contributed by atoms with Gasteiger partial charge in [-0.3, -0.25) is 9.59 Å². The van der Waals surface area contributed by atoms with Crippen molar-refractivity contribution < 1.29 is 23.1 Å². The summed E-state index contributed by atoms with van der Waals surface area (Å²) in [6.07, 6.45) is 2.20. The highest BCUT2D eigenvalue weighted by molar-refractivity contribution is 5.94. The van der Waals surface area contributed by atoms with Crippen LogP contribution in [0.2, 0.25) is 0 Å². The van der Waals surface area contributed by atoms with Crippen molar-refractivity contribution in [2.24, 2.45) is 11.8 Å². The number of carbonyl (C=O) groups is 2. The van der Waals surface area contributed by atoms with Crippen molar-refractivity contribution in [1.29, 1.82) is 0 Å². The van der Waals surface area contributed by atoms with Gasteiger partial charge < -0.3 is 15.4 Å². The lowest BCUT2D eigenvalue weighted by Crippen LogP contribution is -2.32. The Morgan fingerprint density at radius 3 is 2.18 bits per heavy atom. The molecule has 0 aliphatic heterocycles. The normalized spacial score (nSPS) is 19.0. The summed E-state index contributed by atoms with van der Waals surface area (Å²) in [5.41, 5.74) is 0.625. The summed E-state index contributed by atoms with van der Waals surface area (Å²) < 4.78 is 31.8. The van der Waals surface area contributed by atoms with Crippen LogP contribution >= 0.6 is 0 Å². The summed E-state index contributed by atoms with van der Waals surface area (Å²) in [7, 11) is 1.56. The zero-order valence-electron chi connectivity index (χ0n) is 15.5. The van der Waals surface area contributed by atoms with E-state index in [-0.39, 0.29) is 29.3 Å². The quantitative estimate of drug-likeness (QED) is 0.800. The summed E-state index contributed by atoms with van der Waals surface area (Å²) in [4.78, 5) is 24.8. The van der Waals surface area contributed by atoms with Gasteiger partial charge in [-0.15, -0.1) is 0 Å². The predicted octanol–water partition coefficient (Wildman–Crippen LogP) is 4.36. The van der Waals surface area contributed by atoms with E-state index in [1.807, 2.05) is 0 Å². The molecule has 0 unspecified atom stereocenters. The van der Waals surface area contributed by atoms with Gasteiger partial charge >= 0.3 is 0 Å². The molecule has 1 fully saturated rings. The lowest BCUT2D eigenvalue weighted by molar-refractivity contribution is -0.125. The van der Waals surface area contributed by atoms with Gasteiger partial charge in [0.05, 0.1) is 12.8 Å². The van der Waals surface area contributed by atoms with Crippen molar-refractivity contribution >= 4 is 23.2 Å².